The van der Waals surface area contributed by atoms with Crippen molar-refractivity contribution in [3.05, 3.63) is 40.9 Å². The average Bonchev–Trinajstić information content (AvgIpc) is 3.39. The Bertz CT molecular complexity index is 1160. The number of hydrogen-bond donors (Lipinski definition) is 4. The zero-order valence-corrected chi connectivity index (χ0v) is 21.1. The fraction of sp³-hybridized carbons (Fsp3) is 0.500. The fourth-order valence-corrected chi connectivity index (χ4v) is 4.69. The van der Waals surface area contributed by atoms with Gasteiger partial charge in [-0.25, -0.2) is 4.98 Å². The van der Waals surface area contributed by atoms with Crippen molar-refractivity contribution in [2.45, 2.75) is 37.9 Å². The van der Waals surface area contributed by atoms with Crippen LogP contribution in [0.4, 0.5) is 24.5 Å². The maximum absolute atomic E-state index is 12.9. The molecule has 4 N–H and O–H groups in total. The van der Waals surface area contributed by atoms with Crippen molar-refractivity contribution in [2.24, 2.45) is 5.92 Å². The van der Waals surface area contributed by atoms with Gasteiger partial charge in [0.15, 0.2) is 5.69 Å². The summed E-state index contributed by atoms with van der Waals surface area (Å²) in [5.74, 6) is -2.19. The Morgan fingerprint density at radius 2 is 1.82 bits per heavy atom. The Labute approximate surface area is 221 Å². The van der Waals surface area contributed by atoms with Crippen LogP contribution < -0.4 is 20.9 Å². The Balaban J connectivity index is 1.28. The summed E-state index contributed by atoms with van der Waals surface area (Å²) in [6.45, 7) is 1.24. The van der Waals surface area contributed by atoms with E-state index >= 15 is 0 Å². The molecule has 2 fully saturated rings. The molecule has 0 spiro atoms. The van der Waals surface area contributed by atoms with Gasteiger partial charge in [-0.3, -0.25) is 14.4 Å². The molecule has 206 valence electrons. The second-order valence-corrected chi connectivity index (χ2v) is 9.61. The molecule has 38 heavy (non-hydrogen) atoms. The molecule has 1 saturated carbocycles. The van der Waals surface area contributed by atoms with Crippen molar-refractivity contribution in [1.82, 2.24) is 20.6 Å². The zero-order chi connectivity index (χ0) is 27.3. The first kappa shape index (κ1) is 27.7. The molecule has 1 aliphatic carbocycles. The molecule has 1 aromatic heterocycles. The highest BCUT2D eigenvalue weighted by Crippen LogP contribution is 2.31. The Hall–Kier alpha value is -3.32. The quantitative estimate of drug-likeness (QED) is 0.415. The van der Waals surface area contributed by atoms with Crippen LogP contribution in [0.5, 0.6) is 0 Å². The number of nitrogens with one attached hydrogen (secondary N) is 4. The van der Waals surface area contributed by atoms with E-state index < -0.39 is 30.2 Å². The van der Waals surface area contributed by atoms with Gasteiger partial charge in [0.05, 0.1) is 30.3 Å². The molecule has 10 nitrogen and oxygen atoms in total. The van der Waals surface area contributed by atoms with Crippen LogP contribution in [0, 0.1) is 5.92 Å². The van der Waals surface area contributed by atoms with Gasteiger partial charge in [0.25, 0.3) is 11.8 Å². The van der Waals surface area contributed by atoms with Gasteiger partial charge in [-0.1, -0.05) is 11.6 Å². The second kappa shape index (κ2) is 12.0. The van der Waals surface area contributed by atoms with Gasteiger partial charge in [0.1, 0.15) is 12.2 Å². The number of aromatic amines is 1. The third kappa shape index (κ3) is 7.16. The van der Waals surface area contributed by atoms with E-state index in [1.54, 1.807) is 11.4 Å². The molecule has 2 aliphatic rings. The maximum Gasteiger partial charge on any atom is 0.405 e. The van der Waals surface area contributed by atoms with E-state index in [0.29, 0.717) is 49.6 Å². The molecule has 3 amide bonds. The molecular weight excluding hydrogens is 529 g/mol. The lowest BCUT2D eigenvalue weighted by Gasteiger charge is -2.30. The lowest BCUT2D eigenvalue weighted by Crippen LogP contribution is -2.41. The minimum atomic E-state index is -4.59. The highest BCUT2D eigenvalue weighted by Gasteiger charge is 2.31. The molecular formula is C24H28ClF3N6O4. The number of rotatable bonds is 7. The average molecular weight is 557 g/mol. The first-order valence-electron chi connectivity index (χ1n) is 12.2. The SMILES string of the molecule is O=C(NCC(F)(F)F)c1nc[nH]c1C(=O)N[C@H]1CC[C@H](C(=O)Nc2cc(N3CCOCC3)ccc2Cl)CC1. The summed E-state index contributed by atoms with van der Waals surface area (Å²) in [6.07, 6.45) is -1.48. The number of anilines is 2. The third-order valence-electron chi connectivity index (χ3n) is 6.55. The normalized spacial score (nSPS) is 20.1. The number of benzene rings is 1. The first-order chi connectivity index (χ1) is 18.1. The van der Waals surface area contributed by atoms with Crippen LogP contribution >= 0.6 is 11.6 Å². The van der Waals surface area contributed by atoms with Crippen LogP contribution in [0.1, 0.15) is 46.7 Å². The number of halogens is 4. The molecule has 0 unspecified atom stereocenters. The number of aromatic nitrogens is 2. The van der Waals surface area contributed by atoms with Crippen LogP contribution in [0.25, 0.3) is 0 Å². The second-order valence-electron chi connectivity index (χ2n) is 9.20. The van der Waals surface area contributed by atoms with E-state index in [1.807, 2.05) is 12.1 Å². The minimum Gasteiger partial charge on any atom is -0.378 e. The van der Waals surface area contributed by atoms with Crippen molar-refractivity contribution in [2.75, 3.05) is 43.1 Å². The van der Waals surface area contributed by atoms with Gasteiger partial charge in [-0.05, 0) is 43.9 Å². The Morgan fingerprint density at radius 3 is 2.50 bits per heavy atom. The third-order valence-corrected chi connectivity index (χ3v) is 6.88. The molecule has 14 heteroatoms. The number of carbonyl (C=O) groups is 3. The first-order valence-corrected chi connectivity index (χ1v) is 12.6. The molecule has 4 rings (SSSR count). The van der Waals surface area contributed by atoms with Crippen LogP contribution in [-0.2, 0) is 9.53 Å². The largest absolute Gasteiger partial charge is 0.405 e. The highest BCUT2D eigenvalue weighted by atomic mass is 35.5. The Kier molecular flexibility index (Phi) is 8.77. The number of H-pyrrole nitrogens is 1. The summed E-state index contributed by atoms with van der Waals surface area (Å²) in [5.41, 5.74) is 0.840. The van der Waals surface area contributed by atoms with E-state index in [0.717, 1.165) is 25.1 Å². The van der Waals surface area contributed by atoms with E-state index in [9.17, 15) is 27.6 Å². The fourth-order valence-electron chi connectivity index (χ4n) is 4.52. The summed E-state index contributed by atoms with van der Waals surface area (Å²) >= 11 is 6.33. The molecule has 0 radical (unpaired) electrons. The summed E-state index contributed by atoms with van der Waals surface area (Å²) in [7, 11) is 0. The van der Waals surface area contributed by atoms with Crippen molar-refractivity contribution < 1.29 is 32.3 Å². The van der Waals surface area contributed by atoms with Gasteiger partial charge >= 0.3 is 6.18 Å². The van der Waals surface area contributed by atoms with Crippen molar-refractivity contribution in [3.63, 3.8) is 0 Å². The number of carbonyl (C=O) groups excluding carboxylic acids is 3. The number of imidazole rings is 1. The van der Waals surface area contributed by atoms with Crippen LogP contribution in [0.15, 0.2) is 24.5 Å². The smallest absolute Gasteiger partial charge is 0.378 e. The molecule has 2 aromatic rings. The van der Waals surface area contributed by atoms with Crippen molar-refractivity contribution in [3.8, 4) is 0 Å². The maximum atomic E-state index is 12.9. The molecule has 1 aliphatic heterocycles. The molecule has 0 bridgehead atoms. The monoisotopic (exact) mass is 556 g/mol. The van der Waals surface area contributed by atoms with E-state index in [2.05, 4.69) is 25.5 Å². The highest BCUT2D eigenvalue weighted by molar-refractivity contribution is 6.33. The number of amides is 3. The van der Waals surface area contributed by atoms with E-state index in [-0.39, 0.29) is 23.6 Å². The number of hydrogen-bond acceptors (Lipinski definition) is 6. The molecule has 1 aromatic carbocycles. The van der Waals surface area contributed by atoms with Crippen molar-refractivity contribution >= 4 is 40.7 Å². The summed E-state index contributed by atoms with van der Waals surface area (Å²) in [5, 5.41) is 7.83. The predicted molar refractivity (Wildman–Crippen MR) is 133 cm³/mol. The van der Waals surface area contributed by atoms with E-state index in [4.69, 9.17) is 16.3 Å². The van der Waals surface area contributed by atoms with Gasteiger partial charge in [0, 0.05) is 30.7 Å². The van der Waals surface area contributed by atoms with Crippen LogP contribution in [0.3, 0.4) is 0 Å². The van der Waals surface area contributed by atoms with E-state index in [1.165, 1.54) is 0 Å². The summed E-state index contributed by atoms with van der Waals surface area (Å²) in [4.78, 5) is 46.0. The van der Waals surface area contributed by atoms with Gasteiger partial charge < -0.3 is 30.6 Å². The van der Waals surface area contributed by atoms with Crippen molar-refractivity contribution in [1.29, 1.82) is 0 Å². The topological polar surface area (TPSA) is 128 Å². The van der Waals surface area contributed by atoms with Gasteiger partial charge in [0.2, 0.25) is 5.91 Å². The van der Waals surface area contributed by atoms with Gasteiger partial charge in [-0.2, -0.15) is 13.2 Å². The molecule has 0 atom stereocenters. The minimum absolute atomic E-state index is 0.159. The Morgan fingerprint density at radius 1 is 1.11 bits per heavy atom. The number of ether oxygens (including phenoxy) is 1. The lowest BCUT2D eigenvalue weighted by molar-refractivity contribution is -0.123. The molecule has 1 saturated heterocycles. The van der Waals surface area contributed by atoms with Crippen LogP contribution in [-0.4, -0.2) is 72.8 Å². The summed E-state index contributed by atoms with van der Waals surface area (Å²) < 4.78 is 42.5. The van der Waals surface area contributed by atoms with Crippen LogP contribution in [0.2, 0.25) is 5.02 Å². The number of nitrogens with zero attached hydrogens (tertiary/aromatic N) is 2. The standard InChI is InChI=1S/C24H28ClF3N6O4/c25-17-6-5-16(34-7-9-38-10-8-34)11-18(17)33-21(35)14-1-3-15(4-2-14)32-23(37)20-19(30-13-31-20)22(36)29-12-24(26,27)28/h5-6,11,13-15H,1-4,7-10,12H2,(H,29,36)(H,30,31)(H,32,37)(H,33,35)/t14-,15-. The predicted octanol–water partition coefficient (Wildman–Crippen LogP) is 3.12. The summed E-state index contributed by atoms with van der Waals surface area (Å²) in [6, 6.07) is 5.24. The lowest BCUT2D eigenvalue weighted by atomic mass is 9.85. The number of morpholine rings is 1. The number of alkyl halides is 3. The molecule has 2 heterocycles. The zero-order valence-electron chi connectivity index (χ0n) is 20.4. The van der Waals surface area contributed by atoms with Gasteiger partial charge in [-0.15, -0.1) is 0 Å².